The fraction of sp³-hybridized carbons (Fsp3) is 0.529. The van der Waals surface area contributed by atoms with E-state index >= 15 is 0 Å². The highest BCUT2D eigenvalue weighted by Crippen LogP contribution is 2.19. The van der Waals surface area contributed by atoms with Gasteiger partial charge in [-0.3, -0.25) is 4.90 Å². The van der Waals surface area contributed by atoms with Crippen LogP contribution >= 0.6 is 11.6 Å². The Balaban J connectivity index is 1.94. The Morgan fingerprint density at radius 3 is 2.38 bits per heavy atom. The van der Waals surface area contributed by atoms with Gasteiger partial charge in [0.2, 0.25) is 0 Å². The van der Waals surface area contributed by atoms with Gasteiger partial charge in [-0.25, -0.2) is 9.59 Å². The second-order valence-electron chi connectivity index (χ2n) is 6.85. The number of hydrogen-bond donors (Lipinski definition) is 1. The Morgan fingerprint density at radius 1 is 1.21 bits per heavy atom. The van der Waals surface area contributed by atoms with Gasteiger partial charge in [-0.1, -0.05) is 17.7 Å². The van der Waals surface area contributed by atoms with Gasteiger partial charge in [-0.2, -0.15) is 0 Å². The minimum Gasteiger partial charge on any atom is -0.478 e. The maximum Gasteiger partial charge on any atom is 0.410 e. The summed E-state index contributed by atoms with van der Waals surface area (Å²) in [5.41, 5.74) is 0.433. The normalized spacial score (nSPS) is 16.1. The molecular formula is C17H23ClN2O4. The molecule has 1 aromatic carbocycles. The van der Waals surface area contributed by atoms with Crippen LogP contribution in [0.1, 0.15) is 36.7 Å². The number of carbonyl (C=O) groups is 2. The molecule has 0 spiro atoms. The molecule has 0 saturated carbocycles. The maximum absolute atomic E-state index is 12.1. The number of hydrogen-bond acceptors (Lipinski definition) is 4. The van der Waals surface area contributed by atoms with Crippen molar-refractivity contribution in [1.82, 2.24) is 9.80 Å². The van der Waals surface area contributed by atoms with Gasteiger partial charge < -0.3 is 14.7 Å². The van der Waals surface area contributed by atoms with Crippen LogP contribution in [0.3, 0.4) is 0 Å². The van der Waals surface area contributed by atoms with Crippen molar-refractivity contribution in [3.05, 3.63) is 34.3 Å². The Labute approximate surface area is 146 Å². The molecule has 1 aliphatic heterocycles. The van der Waals surface area contributed by atoms with Gasteiger partial charge in [0.25, 0.3) is 0 Å². The number of rotatable bonds is 3. The summed E-state index contributed by atoms with van der Waals surface area (Å²) in [6.45, 7) is 8.50. The molecule has 1 saturated heterocycles. The number of halogens is 1. The fourth-order valence-electron chi connectivity index (χ4n) is 2.54. The number of benzene rings is 1. The first-order chi connectivity index (χ1) is 11.2. The number of nitrogens with zero attached hydrogens (tertiary/aromatic N) is 2. The highest BCUT2D eigenvalue weighted by molar-refractivity contribution is 6.30. The van der Waals surface area contributed by atoms with Crippen LogP contribution in [0, 0.1) is 0 Å². The molecule has 1 N–H and O–H groups in total. The van der Waals surface area contributed by atoms with Gasteiger partial charge in [0, 0.05) is 37.7 Å². The van der Waals surface area contributed by atoms with Crippen LogP contribution < -0.4 is 0 Å². The van der Waals surface area contributed by atoms with Gasteiger partial charge >= 0.3 is 12.1 Å². The van der Waals surface area contributed by atoms with E-state index in [1.165, 1.54) is 6.07 Å². The molecule has 24 heavy (non-hydrogen) atoms. The van der Waals surface area contributed by atoms with Crippen LogP contribution in [0.2, 0.25) is 5.02 Å². The molecule has 0 radical (unpaired) electrons. The molecule has 0 atom stereocenters. The summed E-state index contributed by atoms with van der Waals surface area (Å²) in [6, 6.07) is 4.91. The number of carbonyl (C=O) groups excluding carboxylic acids is 1. The van der Waals surface area contributed by atoms with Gasteiger partial charge in [0.15, 0.2) is 0 Å². The first-order valence-electron chi connectivity index (χ1n) is 7.88. The zero-order valence-corrected chi connectivity index (χ0v) is 15.0. The molecule has 1 aromatic rings. The summed E-state index contributed by atoms with van der Waals surface area (Å²) < 4.78 is 5.37. The molecule has 132 valence electrons. The molecule has 1 fully saturated rings. The Hall–Kier alpha value is -1.79. The molecule has 1 amide bonds. The summed E-state index contributed by atoms with van der Waals surface area (Å²) >= 11 is 5.88. The van der Waals surface area contributed by atoms with Crippen LogP contribution in [0.15, 0.2) is 18.2 Å². The molecule has 1 heterocycles. The number of piperazine rings is 1. The first kappa shape index (κ1) is 18.5. The van der Waals surface area contributed by atoms with Crippen LogP contribution in [-0.2, 0) is 11.3 Å². The van der Waals surface area contributed by atoms with Gasteiger partial charge in [-0.05, 0) is 38.5 Å². The summed E-state index contributed by atoms with van der Waals surface area (Å²) in [5, 5.41) is 9.70. The smallest absolute Gasteiger partial charge is 0.410 e. The van der Waals surface area contributed by atoms with E-state index in [2.05, 4.69) is 4.90 Å². The first-order valence-corrected chi connectivity index (χ1v) is 8.25. The van der Waals surface area contributed by atoms with Gasteiger partial charge in [0.1, 0.15) is 5.60 Å². The van der Waals surface area contributed by atoms with E-state index in [9.17, 15) is 14.7 Å². The van der Waals surface area contributed by atoms with Crippen molar-refractivity contribution >= 4 is 23.7 Å². The van der Waals surface area contributed by atoms with Crippen molar-refractivity contribution in [2.45, 2.75) is 32.9 Å². The van der Waals surface area contributed by atoms with E-state index < -0.39 is 11.6 Å². The lowest BCUT2D eigenvalue weighted by Crippen LogP contribution is -2.49. The van der Waals surface area contributed by atoms with Crippen molar-refractivity contribution in [2.75, 3.05) is 26.2 Å². The fourth-order valence-corrected chi connectivity index (χ4v) is 2.71. The molecular weight excluding hydrogens is 332 g/mol. The monoisotopic (exact) mass is 354 g/mol. The van der Waals surface area contributed by atoms with Gasteiger partial charge in [-0.15, -0.1) is 0 Å². The zero-order chi connectivity index (χ0) is 17.9. The topological polar surface area (TPSA) is 70.1 Å². The van der Waals surface area contributed by atoms with Crippen molar-refractivity contribution < 1.29 is 19.4 Å². The minimum atomic E-state index is -0.986. The summed E-state index contributed by atoms with van der Waals surface area (Å²) in [5.74, 6) is -0.986. The highest BCUT2D eigenvalue weighted by Gasteiger charge is 2.26. The highest BCUT2D eigenvalue weighted by atomic mass is 35.5. The van der Waals surface area contributed by atoms with E-state index in [-0.39, 0.29) is 11.7 Å². The number of carboxylic acid groups (broad SMARTS) is 1. The third-order valence-corrected chi connectivity index (χ3v) is 3.96. The zero-order valence-electron chi connectivity index (χ0n) is 14.2. The number of aromatic carboxylic acids is 1. The lowest BCUT2D eigenvalue weighted by atomic mass is 10.1. The molecule has 1 aliphatic rings. The standard InChI is InChI=1S/C17H23ClN2O4/c1-17(2,3)24-16(23)20-8-6-19(7-9-20)11-12-4-5-13(18)10-14(12)15(21)22/h4-5,10H,6-9,11H2,1-3H3,(H,21,22). The summed E-state index contributed by atoms with van der Waals surface area (Å²) in [6.07, 6.45) is -0.306. The number of amides is 1. The number of ether oxygens (including phenoxy) is 1. The third kappa shape index (κ3) is 5.11. The predicted octanol–water partition coefficient (Wildman–Crippen LogP) is 3.09. The van der Waals surface area contributed by atoms with Crippen molar-refractivity contribution in [3.63, 3.8) is 0 Å². The molecule has 0 aliphatic carbocycles. The average Bonchev–Trinajstić information content (AvgIpc) is 2.48. The Kier molecular flexibility index (Phi) is 5.72. The van der Waals surface area contributed by atoms with Crippen molar-refractivity contribution in [3.8, 4) is 0 Å². The lowest BCUT2D eigenvalue weighted by Gasteiger charge is -2.35. The molecule has 0 aromatic heterocycles. The van der Waals surface area contributed by atoms with E-state index in [1.807, 2.05) is 20.8 Å². The molecule has 7 heteroatoms. The quantitative estimate of drug-likeness (QED) is 0.903. The second kappa shape index (κ2) is 7.40. The van der Waals surface area contributed by atoms with Crippen LogP contribution in [-0.4, -0.2) is 58.7 Å². The lowest BCUT2D eigenvalue weighted by molar-refractivity contribution is 0.0139. The molecule has 0 unspecified atom stereocenters. The SMILES string of the molecule is CC(C)(C)OC(=O)N1CCN(Cc2ccc(Cl)cc2C(=O)O)CC1. The van der Waals surface area contributed by atoms with Crippen LogP contribution in [0.5, 0.6) is 0 Å². The second-order valence-corrected chi connectivity index (χ2v) is 7.29. The average molecular weight is 355 g/mol. The van der Waals surface area contributed by atoms with Crippen molar-refractivity contribution in [2.24, 2.45) is 0 Å². The maximum atomic E-state index is 12.1. The summed E-state index contributed by atoms with van der Waals surface area (Å²) in [7, 11) is 0. The van der Waals surface area contributed by atoms with E-state index in [0.29, 0.717) is 37.7 Å². The predicted molar refractivity (Wildman–Crippen MR) is 91.5 cm³/mol. The van der Waals surface area contributed by atoms with E-state index in [4.69, 9.17) is 16.3 Å². The van der Waals surface area contributed by atoms with Crippen LogP contribution in [0.4, 0.5) is 4.79 Å². The van der Waals surface area contributed by atoms with Crippen molar-refractivity contribution in [1.29, 1.82) is 0 Å². The van der Waals surface area contributed by atoms with E-state index in [1.54, 1.807) is 17.0 Å². The minimum absolute atomic E-state index is 0.220. The summed E-state index contributed by atoms with van der Waals surface area (Å²) in [4.78, 5) is 27.2. The molecule has 2 rings (SSSR count). The number of carboxylic acids is 1. The Morgan fingerprint density at radius 2 is 1.83 bits per heavy atom. The van der Waals surface area contributed by atoms with Crippen LogP contribution in [0.25, 0.3) is 0 Å². The van der Waals surface area contributed by atoms with E-state index in [0.717, 1.165) is 5.56 Å². The third-order valence-electron chi connectivity index (χ3n) is 3.72. The largest absolute Gasteiger partial charge is 0.478 e. The molecule has 0 bridgehead atoms. The Bertz CT molecular complexity index is 620. The van der Waals surface area contributed by atoms with Gasteiger partial charge in [0.05, 0.1) is 5.56 Å². The molecule has 6 nitrogen and oxygen atoms in total.